The van der Waals surface area contributed by atoms with Crippen molar-refractivity contribution in [3.05, 3.63) is 30.2 Å². The van der Waals surface area contributed by atoms with E-state index in [0.29, 0.717) is 0 Å². The number of methoxy groups -OCH3 is 2. The highest BCUT2D eigenvalue weighted by molar-refractivity contribution is 5.68. The molecule has 5 heteroatoms. The molecule has 0 spiro atoms. The van der Waals surface area contributed by atoms with Crippen molar-refractivity contribution < 1.29 is 9.47 Å². The molecule has 0 bridgehead atoms. The number of fused-ring (bicyclic) bond motifs is 1. The van der Waals surface area contributed by atoms with Crippen molar-refractivity contribution in [3.8, 4) is 22.8 Å². The summed E-state index contributed by atoms with van der Waals surface area (Å²) in [5, 5.41) is 0. The van der Waals surface area contributed by atoms with Gasteiger partial charge in [-0.05, 0) is 18.6 Å². The van der Waals surface area contributed by atoms with Crippen LogP contribution in [-0.4, -0.2) is 29.8 Å². The first-order chi connectivity index (χ1) is 9.71. The van der Waals surface area contributed by atoms with Gasteiger partial charge in [0.15, 0.2) is 0 Å². The summed E-state index contributed by atoms with van der Waals surface area (Å²) in [5.74, 6) is 2.64. The Labute approximate surface area is 118 Å². The molecule has 0 radical (unpaired) electrons. The van der Waals surface area contributed by atoms with E-state index in [2.05, 4.69) is 10.8 Å². The van der Waals surface area contributed by atoms with Crippen molar-refractivity contribution in [3.63, 3.8) is 0 Å². The fourth-order valence-corrected chi connectivity index (χ4v) is 2.61. The molecule has 5 nitrogen and oxygen atoms in total. The molecule has 2 N–H and O–H groups in total. The topological polar surface area (TPSA) is 62.3 Å². The van der Waals surface area contributed by atoms with Crippen LogP contribution in [0.3, 0.4) is 0 Å². The summed E-state index contributed by atoms with van der Waals surface area (Å²) >= 11 is 0. The van der Waals surface area contributed by atoms with E-state index in [1.54, 1.807) is 14.2 Å². The average molecular weight is 273 g/mol. The lowest BCUT2D eigenvalue weighted by atomic mass is 10.1. The largest absolute Gasteiger partial charge is 0.497 e. The Morgan fingerprint density at radius 2 is 2.15 bits per heavy atom. The zero-order valence-corrected chi connectivity index (χ0v) is 11.8. The predicted octanol–water partition coefficient (Wildman–Crippen LogP) is 1.84. The molecule has 1 unspecified atom stereocenters. The number of nitrogens with zero attached hydrogens (tertiary/aromatic N) is 2. The van der Waals surface area contributed by atoms with Gasteiger partial charge in [0.2, 0.25) is 0 Å². The summed E-state index contributed by atoms with van der Waals surface area (Å²) in [4.78, 5) is 4.71. The number of imidazole rings is 1. The second kappa shape index (κ2) is 5.17. The van der Waals surface area contributed by atoms with Crippen LogP contribution in [0.4, 0.5) is 0 Å². The number of nitrogens with two attached hydrogens (primary N) is 1. The van der Waals surface area contributed by atoms with Crippen molar-refractivity contribution in [1.29, 1.82) is 0 Å². The summed E-state index contributed by atoms with van der Waals surface area (Å²) in [6, 6.07) is 6.00. The Morgan fingerprint density at radius 1 is 1.30 bits per heavy atom. The quantitative estimate of drug-likeness (QED) is 0.927. The summed E-state index contributed by atoms with van der Waals surface area (Å²) in [6.07, 6.45) is 3.98. The zero-order chi connectivity index (χ0) is 14.1. The molecule has 0 amide bonds. The van der Waals surface area contributed by atoms with E-state index in [4.69, 9.17) is 20.2 Å². The third-order valence-electron chi connectivity index (χ3n) is 3.71. The highest BCUT2D eigenvalue weighted by Gasteiger charge is 2.19. The maximum absolute atomic E-state index is 6.00. The van der Waals surface area contributed by atoms with Gasteiger partial charge in [-0.2, -0.15) is 0 Å². The molecule has 2 heterocycles. The minimum absolute atomic E-state index is 0.224. The van der Waals surface area contributed by atoms with E-state index in [-0.39, 0.29) is 6.04 Å². The van der Waals surface area contributed by atoms with Gasteiger partial charge in [-0.3, -0.25) is 0 Å². The maximum atomic E-state index is 6.00. The summed E-state index contributed by atoms with van der Waals surface area (Å²) in [6.45, 7) is 0.834. The smallest absolute Gasteiger partial charge is 0.132 e. The van der Waals surface area contributed by atoms with Gasteiger partial charge in [0.25, 0.3) is 0 Å². The SMILES string of the molecule is COc1ccc(-c2cn3c(n2)CCC(N)C3)c(OC)c1. The zero-order valence-electron chi connectivity index (χ0n) is 11.8. The number of hydrogen-bond acceptors (Lipinski definition) is 4. The number of aryl methyl sites for hydroxylation is 1. The van der Waals surface area contributed by atoms with Gasteiger partial charge in [-0.15, -0.1) is 0 Å². The van der Waals surface area contributed by atoms with Gasteiger partial charge in [0.1, 0.15) is 17.3 Å². The molecule has 106 valence electrons. The van der Waals surface area contributed by atoms with Crippen LogP contribution in [0.2, 0.25) is 0 Å². The number of rotatable bonds is 3. The van der Waals surface area contributed by atoms with Gasteiger partial charge >= 0.3 is 0 Å². The third kappa shape index (κ3) is 2.25. The summed E-state index contributed by atoms with van der Waals surface area (Å²) in [7, 11) is 3.30. The van der Waals surface area contributed by atoms with E-state index in [0.717, 1.165) is 48.0 Å². The van der Waals surface area contributed by atoms with Gasteiger partial charge < -0.3 is 19.8 Å². The molecule has 0 saturated carbocycles. The van der Waals surface area contributed by atoms with Crippen LogP contribution in [0.1, 0.15) is 12.2 Å². The summed E-state index contributed by atoms with van der Waals surface area (Å²) in [5.41, 5.74) is 7.90. The fraction of sp³-hybridized carbons (Fsp3) is 0.400. The first kappa shape index (κ1) is 13.0. The van der Waals surface area contributed by atoms with Gasteiger partial charge in [-0.1, -0.05) is 0 Å². The average Bonchev–Trinajstić information content (AvgIpc) is 2.89. The molecule has 0 aliphatic carbocycles. The Morgan fingerprint density at radius 3 is 2.90 bits per heavy atom. The molecule has 1 aliphatic rings. The van der Waals surface area contributed by atoms with Gasteiger partial charge in [-0.25, -0.2) is 4.98 Å². The van der Waals surface area contributed by atoms with Crippen molar-refractivity contribution in [2.24, 2.45) is 5.73 Å². The van der Waals surface area contributed by atoms with E-state index in [1.807, 2.05) is 18.2 Å². The molecule has 20 heavy (non-hydrogen) atoms. The lowest BCUT2D eigenvalue weighted by Crippen LogP contribution is -2.31. The van der Waals surface area contributed by atoms with Crippen LogP contribution >= 0.6 is 0 Å². The first-order valence-electron chi connectivity index (χ1n) is 6.75. The van der Waals surface area contributed by atoms with Gasteiger partial charge in [0.05, 0.1) is 19.9 Å². The maximum Gasteiger partial charge on any atom is 0.132 e. The highest BCUT2D eigenvalue weighted by Crippen LogP contribution is 2.33. The minimum atomic E-state index is 0.224. The van der Waals surface area contributed by atoms with Crippen molar-refractivity contribution in [2.45, 2.75) is 25.4 Å². The van der Waals surface area contributed by atoms with Crippen molar-refractivity contribution in [1.82, 2.24) is 9.55 Å². The molecule has 1 aromatic carbocycles. The molecule has 0 saturated heterocycles. The van der Waals surface area contributed by atoms with E-state index in [1.165, 1.54) is 0 Å². The molecule has 1 aromatic heterocycles. The van der Waals surface area contributed by atoms with E-state index in [9.17, 15) is 0 Å². The molecule has 1 atom stereocenters. The summed E-state index contributed by atoms with van der Waals surface area (Å²) < 4.78 is 12.8. The van der Waals surface area contributed by atoms with E-state index < -0.39 is 0 Å². The highest BCUT2D eigenvalue weighted by atomic mass is 16.5. The normalized spacial score (nSPS) is 17.6. The minimum Gasteiger partial charge on any atom is -0.497 e. The molecule has 2 aromatic rings. The third-order valence-corrected chi connectivity index (χ3v) is 3.71. The Balaban J connectivity index is 2.01. The van der Waals surface area contributed by atoms with Crippen LogP contribution in [0.5, 0.6) is 11.5 Å². The van der Waals surface area contributed by atoms with Crippen LogP contribution in [0, 0.1) is 0 Å². The van der Waals surface area contributed by atoms with Crippen LogP contribution < -0.4 is 15.2 Å². The standard InChI is InChI=1S/C15H19N3O2/c1-19-11-4-5-12(14(7-11)20-2)13-9-18-8-10(16)3-6-15(18)17-13/h4-5,7,9-10H,3,6,8,16H2,1-2H3. The number of ether oxygens (including phenoxy) is 2. The molecular weight excluding hydrogens is 254 g/mol. The second-order valence-corrected chi connectivity index (χ2v) is 5.06. The fourth-order valence-electron chi connectivity index (χ4n) is 2.61. The van der Waals surface area contributed by atoms with Crippen LogP contribution in [0.25, 0.3) is 11.3 Å². The number of hydrogen-bond donors (Lipinski definition) is 1. The molecule has 0 fully saturated rings. The van der Waals surface area contributed by atoms with Crippen LogP contribution in [-0.2, 0) is 13.0 Å². The number of aromatic nitrogens is 2. The lowest BCUT2D eigenvalue weighted by Gasteiger charge is -2.19. The van der Waals surface area contributed by atoms with E-state index >= 15 is 0 Å². The van der Waals surface area contributed by atoms with Crippen LogP contribution in [0.15, 0.2) is 24.4 Å². The Hall–Kier alpha value is -2.01. The first-order valence-corrected chi connectivity index (χ1v) is 6.75. The predicted molar refractivity (Wildman–Crippen MR) is 77.1 cm³/mol. The van der Waals surface area contributed by atoms with Crippen molar-refractivity contribution in [2.75, 3.05) is 14.2 Å². The molecule has 3 rings (SSSR count). The molecule has 1 aliphatic heterocycles. The van der Waals surface area contributed by atoms with Crippen molar-refractivity contribution >= 4 is 0 Å². The Bertz CT molecular complexity index is 622. The number of benzene rings is 1. The lowest BCUT2D eigenvalue weighted by molar-refractivity contribution is 0.395. The second-order valence-electron chi connectivity index (χ2n) is 5.06. The Kier molecular flexibility index (Phi) is 3.36. The van der Waals surface area contributed by atoms with Gasteiger partial charge in [0, 0.05) is 36.8 Å². The monoisotopic (exact) mass is 273 g/mol. The molecular formula is C15H19N3O2.